The minimum Gasteiger partial charge on any atom is -0.322 e. The highest BCUT2D eigenvalue weighted by Crippen LogP contribution is 2.36. The normalized spacial score (nSPS) is 16.1. The van der Waals surface area contributed by atoms with Crippen LogP contribution in [0.1, 0.15) is 56.5 Å². The molecule has 1 aliphatic heterocycles. The van der Waals surface area contributed by atoms with Crippen molar-refractivity contribution in [3.8, 4) is 5.13 Å². The van der Waals surface area contributed by atoms with Crippen LogP contribution in [0.3, 0.4) is 0 Å². The molecule has 0 saturated heterocycles. The zero-order valence-corrected chi connectivity index (χ0v) is 20.2. The van der Waals surface area contributed by atoms with E-state index in [1.165, 1.54) is 17.5 Å². The molecule has 1 saturated carbocycles. The highest BCUT2D eigenvalue weighted by Gasteiger charge is 2.32. The van der Waals surface area contributed by atoms with Crippen LogP contribution in [0.5, 0.6) is 0 Å². The largest absolute Gasteiger partial charge is 0.322 e. The Morgan fingerprint density at radius 1 is 1.21 bits per heavy atom. The number of rotatable bonds is 4. The maximum atomic E-state index is 14.8. The molecule has 6 rings (SSSR count). The van der Waals surface area contributed by atoms with Crippen molar-refractivity contribution in [1.29, 1.82) is 0 Å². The number of halogens is 1. The van der Waals surface area contributed by atoms with E-state index in [9.17, 15) is 9.18 Å². The quantitative estimate of drug-likeness (QED) is 0.456. The number of aromatic nitrogens is 5. The fraction of sp³-hybridized carbons (Fsp3) is 0.417. The molecule has 1 aliphatic carbocycles. The first-order chi connectivity index (χ1) is 16.3. The maximum Gasteiger partial charge on any atom is 0.278 e. The Labute approximate surface area is 199 Å². The van der Waals surface area contributed by atoms with E-state index >= 15 is 0 Å². The standard InChI is InChI=1S/C24H26FN7OS/c1-24(2,3)19-12-34-23(29-19)32-20-16(21(33)31(32)15-4-5-15)11-27-22(30-20)28-18-9-14-10-26-7-6-13(14)8-17(18)25/h8-9,11-12,15,26H,4-7,10H2,1-3H3,(H,27,28,30). The average molecular weight is 480 g/mol. The second-order valence-corrected chi connectivity index (χ2v) is 10.9. The number of fused-ring (bicyclic) bond motifs is 2. The molecular formula is C24H26FN7OS. The molecule has 10 heteroatoms. The monoisotopic (exact) mass is 479 g/mol. The van der Waals surface area contributed by atoms with Crippen molar-refractivity contribution >= 4 is 34.0 Å². The van der Waals surface area contributed by atoms with Crippen LogP contribution in [0.4, 0.5) is 16.0 Å². The lowest BCUT2D eigenvalue weighted by Crippen LogP contribution is -2.23. The number of nitrogens with zero attached hydrogens (tertiary/aromatic N) is 5. The summed E-state index contributed by atoms with van der Waals surface area (Å²) in [4.78, 5) is 27.1. The molecule has 8 nitrogen and oxygen atoms in total. The third kappa shape index (κ3) is 3.61. The van der Waals surface area contributed by atoms with Gasteiger partial charge in [-0.3, -0.25) is 4.79 Å². The highest BCUT2D eigenvalue weighted by molar-refractivity contribution is 7.12. The van der Waals surface area contributed by atoms with Gasteiger partial charge in [0.05, 0.1) is 17.4 Å². The van der Waals surface area contributed by atoms with Crippen molar-refractivity contribution in [2.24, 2.45) is 0 Å². The maximum absolute atomic E-state index is 14.8. The van der Waals surface area contributed by atoms with E-state index in [2.05, 4.69) is 41.4 Å². The van der Waals surface area contributed by atoms with Gasteiger partial charge in [0.1, 0.15) is 11.2 Å². The molecule has 1 fully saturated rings. The van der Waals surface area contributed by atoms with Crippen LogP contribution in [0.25, 0.3) is 16.2 Å². The Morgan fingerprint density at radius 2 is 2.03 bits per heavy atom. The Kier molecular flexibility index (Phi) is 4.86. The summed E-state index contributed by atoms with van der Waals surface area (Å²) in [5, 5.41) is 9.49. The average Bonchev–Trinajstić information content (AvgIpc) is 3.43. The fourth-order valence-electron chi connectivity index (χ4n) is 4.32. The van der Waals surface area contributed by atoms with Gasteiger partial charge in [0.2, 0.25) is 11.1 Å². The minimum atomic E-state index is -0.341. The molecule has 0 radical (unpaired) electrons. The third-order valence-corrected chi connectivity index (χ3v) is 7.20. The Bertz CT molecular complexity index is 1480. The summed E-state index contributed by atoms with van der Waals surface area (Å²) in [6.45, 7) is 7.89. The highest BCUT2D eigenvalue weighted by atomic mass is 32.1. The van der Waals surface area contributed by atoms with E-state index in [0.717, 1.165) is 42.6 Å². The smallest absolute Gasteiger partial charge is 0.278 e. The van der Waals surface area contributed by atoms with Gasteiger partial charge in [-0.05, 0) is 49.1 Å². The van der Waals surface area contributed by atoms with Gasteiger partial charge in [-0.2, -0.15) is 4.98 Å². The van der Waals surface area contributed by atoms with Crippen molar-refractivity contribution in [1.82, 2.24) is 29.6 Å². The van der Waals surface area contributed by atoms with Crippen LogP contribution >= 0.6 is 11.3 Å². The summed E-state index contributed by atoms with van der Waals surface area (Å²) in [5.74, 6) is -0.101. The van der Waals surface area contributed by atoms with Gasteiger partial charge in [-0.15, -0.1) is 11.3 Å². The van der Waals surface area contributed by atoms with Crippen molar-refractivity contribution in [3.63, 3.8) is 0 Å². The predicted molar refractivity (Wildman–Crippen MR) is 131 cm³/mol. The summed E-state index contributed by atoms with van der Waals surface area (Å²) < 4.78 is 18.4. The summed E-state index contributed by atoms with van der Waals surface area (Å²) in [7, 11) is 0. The van der Waals surface area contributed by atoms with Gasteiger partial charge >= 0.3 is 0 Å². The van der Waals surface area contributed by atoms with E-state index in [1.54, 1.807) is 10.7 Å². The van der Waals surface area contributed by atoms with Gasteiger partial charge in [0.25, 0.3) is 5.56 Å². The summed E-state index contributed by atoms with van der Waals surface area (Å²) in [6.07, 6.45) is 4.22. The lowest BCUT2D eigenvalue weighted by atomic mass is 9.93. The van der Waals surface area contributed by atoms with Crippen LogP contribution < -0.4 is 16.2 Å². The first-order valence-electron chi connectivity index (χ1n) is 11.6. The Hall–Kier alpha value is -3.11. The molecular weight excluding hydrogens is 453 g/mol. The van der Waals surface area contributed by atoms with E-state index < -0.39 is 0 Å². The zero-order chi connectivity index (χ0) is 23.6. The predicted octanol–water partition coefficient (Wildman–Crippen LogP) is 4.20. The molecule has 176 valence electrons. The van der Waals surface area contributed by atoms with E-state index in [1.807, 2.05) is 16.1 Å². The SMILES string of the molecule is CC(C)(C)c1csc(-n2c3nc(Nc4cc5c(cc4F)CCNC5)ncc3c(=O)n2C2CC2)n1. The third-order valence-electron chi connectivity index (χ3n) is 6.38. The van der Waals surface area contributed by atoms with Crippen molar-refractivity contribution < 1.29 is 4.39 Å². The van der Waals surface area contributed by atoms with Gasteiger partial charge in [-0.25, -0.2) is 23.7 Å². The fourth-order valence-corrected chi connectivity index (χ4v) is 5.37. The first kappa shape index (κ1) is 21.4. The van der Waals surface area contributed by atoms with Gasteiger partial charge in [0, 0.05) is 23.5 Å². The van der Waals surface area contributed by atoms with Crippen LogP contribution in [-0.4, -0.2) is 30.9 Å². The van der Waals surface area contributed by atoms with Crippen molar-refractivity contribution in [3.05, 3.63) is 56.7 Å². The minimum absolute atomic E-state index is 0.108. The molecule has 0 spiro atoms. The Balaban J connectivity index is 1.46. The Morgan fingerprint density at radius 3 is 2.76 bits per heavy atom. The van der Waals surface area contributed by atoms with E-state index in [4.69, 9.17) is 4.98 Å². The van der Waals surface area contributed by atoms with E-state index in [-0.39, 0.29) is 28.8 Å². The second kappa shape index (κ2) is 7.71. The van der Waals surface area contributed by atoms with Crippen LogP contribution in [0.15, 0.2) is 28.5 Å². The molecule has 0 atom stereocenters. The van der Waals surface area contributed by atoms with Gasteiger partial charge in [-0.1, -0.05) is 20.8 Å². The summed E-state index contributed by atoms with van der Waals surface area (Å²) in [5.41, 5.74) is 3.61. The number of anilines is 2. The number of benzene rings is 1. The number of hydrogen-bond acceptors (Lipinski definition) is 7. The van der Waals surface area contributed by atoms with Crippen molar-refractivity contribution in [2.75, 3.05) is 11.9 Å². The van der Waals surface area contributed by atoms with E-state index in [0.29, 0.717) is 28.4 Å². The van der Waals surface area contributed by atoms with Crippen molar-refractivity contribution in [2.45, 2.75) is 58.0 Å². The molecule has 2 aliphatic rings. The number of nitrogens with one attached hydrogen (secondary N) is 2. The zero-order valence-electron chi connectivity index (χ0n) is 19.4. The second-order valence-electron chi connectivity index (χ2n) is 10.0. The molecule has 4 heterocycles. The molecule has 4 aromatic rings. The summed E-state index contributed by atoms with van der Waals surface area (Å²) in [6, 6.07) is 3.52. The van der Waals surface area contributed by atoms with Crippen LogP contribution in [-0.2, 0) is 18.4 Å². The number of thiazole rings is 1. The first-order valence-corrected chi connectivity index (χ1v) is 12.4. The topological polar surface area (TPSA) is 89.7 Å². The molecule has 0 amide bonds. The molecule has 0 bridgehead atoms. The lowest BCUT2D eigenvalue weighted by molar-refractivity contribution is 0.546. The molecule has 0 unspecified atom stereocenters. The molecule has 34 heavy (non-hydrogen) atoms. The molecule has 3 aromatic heterocycles. The molecule has 1 aromatic carbocycles. The lowest BCUT2D eigenvalue weighted by Gasteiger charge is -2.18. The molecule has 2 N–H and O–H groups in total. The number of hydrogen-bond donors (Lipinski definition) is 2. The van der Waals surface area contributed by atoms with Gasteiger partial charge < -0.3 is 10.6 Å². The van der Waals surface area contributed by atoms with Crippen LogP contribution in [0.2, 0.25) is 0 Å². The van der Waals surface area contributed by atoms with Gasteiger partial charge in [0.15, 0.2) is 5.65 Å². The summed E-state index contributed by atoms with van der Waals surface area (Å²) >= 11 is 1.49. The van der Waals surface area contributed by atoms with Crippen LogP contribution in [0, 0.1) is 5.82 Å².